The summed E-state index contributed by atoms with van der Waals surface area (Å²) in [7, 11) is 1.56. The summed E-state index contributed by atoms with van der Waals surface area (Å²) in [5.74, 6) is 1.03. The number of carbonyl (C=O) groups excluding carboxylic acids is 1. The van der Waals surface area contributed by atoms with Crippen molar-refractivity contribution in [2.45, 2.75) is 31.7 Å². The number of methoxy groups -OCH3 is 1. The molecule has 1 saturated heterocycles. The number of hydrogen-bond acceptors (Lipinski definition) is 5. The van der Waals surface area contributed by atoms with Crippen LogP contribution in [0.1, 0.15) is 29.6 Å². The molecule has 2 atom stereocenters. The molecule has 1 aromatic carbocycles. The summed E-state index contributed by atoms with van der Waals surface area (Å²) in [6.45, 7) is 0.930. The van der Waals surface area contributed by atoms with Gasteiger partial charge in [-0.05, 0) is 31.4 Å². The van der Waals surface area contributed by atoms with Gasteiger partial charge in [-0.25, -0.2) is 0 Å². The van der Waals surface area contributed by atoms with E-state index in [1.807, 2.05) is 0 Å². The fourth-order valence-electron chi connectivity index (χ4n) is 2.51. The molecule has 2 aliphatic rings. The third-order valence-electron chi connectivity index (χ3n) is 3.59. The van der Waals surface area contributed by atoms with E-state index in [0.717, 1.165) is 25.9 Å². The summed E-state index contributed by atoms with van der Waals surface area (Å²) in [5, 5.41) is 0. The molecule has 108 valence electrons. The average molecular weight is 278 g/mol. The van der Waals surface area contributed by atoms with Crippen LogP contribution in [0.2, 0.25) is 0 Å². The van der Waals surface area contributed by atoms with Gasteiger partial charge in [-0.3, -0.25) is 4.79 Å². The predicted molar refractivity (Wildman–Crippen MR) is 71.3 cm³/mol. The second kappa shape index (κ2) is 5.81. The van der Waals surface area contributed by atoms with Crippen molar-refractivity contribution >= 4 is 5.78 Å². The van der Waals surface area contributed by atoms with E-state index in [2.05, 4.69) is 0 Å². The van der Waals surface area contributed by atoms with Gasteiger partial charge in [-0.1, -0.05) is 6.07 Å². The first-order chi connectivity index (χ1) is 9.79. The molecule has 3 rings (SSSR count). The summed E-state index contributed by atoms with van der Waals surface area (Å²) in [6, 6.07) is 5.31. The van der Waals surface area contributed by atoms with E-state index in [-0.39, 0.29) is 18.7 Å². The summed E-state index contributed by atoms with van der Waals surface area (Å²) in [4.78, 5) is 12.2. The summed E-state index contributed by atoms with van der Waals surface area (Å²) < 4.78 is 22.0. The van der Waals surface area contributed by atoms with Crippen LogP contribution in [0.5, 0.6) is 11.5 Å². The van der Waals surface area contributed by atoms with Gasteiger partial charge in [-0.2, -0.15) is 0 Å². The first-order valence-corrected chi connectivity index (χ1v) is 6.90. The molecule has 2 unspecified atom stereocenters. The minimum absolute atomic E-state index is 0.0605. The molecule has 2 heterocycles. The molecule has 0 radical (unpaired) electrons. The largest absolute Gasteiger partial charge is 0.493 e. The van der Waals surface area contributed by atoms with Gasteiger partial charge >= 0.3 is 0 Å². The second-order valence-corrected chi connectivity index (χ2v) is 4.94. The fourth-order valence-corrected chi connectivity index (χ4v) is 2.51. The van der Waals surface area contributed by atoms with Gasteiger partial charge in [0, 0.05) is 6.61 Å². The maximum Gasteiger partial charge on any atom is 0.209 e. The summed E-state index contributed by atoms with van der Waals surface area (Å²) in [5.41, 5.74) is 0.558. The lowest BCUT2D eigenvalue weighted by atomic mass is 10.1. The minimum atomic E-state index is -0.605. The van der Waals surface area contributed by atoms with E-state index in [0.29, 0.717) is 17.1 Å². The topological polar surface area (TPSA) is 54.0 Å². The maximum absolute atomic E-state index is 12.2. The van der Waals surface area contributed by atoms with Crippen LogP contribution in [0.15, 0.2) is 18.2 Å². The van der Waals surface area contributed by atoms with Crippen LogP contribution < -0.4 is 9.47 Å². The molecule has 0 amide bonds. The zero-order valence-electron chi connectivity index (χ0n) is 11.5. The number of fused-ring (bicyclic) bond motifs is 1. The Morgan fingerprint density at radius 3 is 3.00 bits per heavy atom. The van der Waals surface area contributed by atoms with Gasteiger partial charge in [0.2, 0.25) is 5.78 Å². The molecule has 0 bridgehead atoms. The normalized spacial score (nSPS) is 25.1. The van der Waals surface area contributed by atoms with Crippen molar-refractivity contribution in [2.75, 3.05) is 20.3 Å². The zero-order valence-corrected chi connectivity index (χ0v) is 11.5. The van der Waals surface area contributed by atoms with Crippen LogP contribution in [-0.4, -0.2) is 38.5 Å². The molecule has 0 saturated carbocycles. The molecule has 2 aliphatic heterocycles. The predicted octanol–water partition coefficient (Wildman–Crippen LogP) is 2.18. The van der Waals surface area contributed by atoms with Crippen LogP contribution in [0.4, 0.5) is 0 Å². The standard InChI is InChI=1S/C15H18O5/c1-17-11-6-4-5-10-14(16)12(20-15(10)11)9-19-13-7-2-3-8-18-13/h4-6,12-13H,2-3,7-9H2,1H3. The van der Waals surface area contributed by atoms with E-state index in [1.165, 1.54) is 0 Å². The van der Waals surface area contributed by atoms with Crippen molar-refractivity contribution in [1.29, 1.82) is 0 Å². The van der Waals surface area contributed by atoms with E-state index in [9.17, 15) is 4.79 Å². The molecular formula is C15H18O5. The molecular weight excluding hydrogens is 260 g/mol. The van der Waals surface area contributed by atoms with E-state index in [1.54, 1.807) is 25.3 Å². The number of benzene rings is 1. The smallest absolute Gasteiger partial charge is 0.209 e. The third-order valence-corrected chi connectivity index (χ3v) is 3.59. The van der Waals surface area contributed by atoms with Crippen molar-refractivity contribution in [3.63, 3.8) is 0 Å². The molecule has 20 heavy (non-hydrogen) atoms. The number of carbonyl (C=O) groups is 1. The molecule has 1 aromatic rings. The van der Waals surface area contributed by atoms with E-state index >= 15 is 0 Å². The van der Waals surface area contributed by atoms with Gasteiger partial charge in [0.1, 0.15) is 0 Å². The van der Waals surface area contributed by atoms with Crippen LogP contribution in [0, 0.1) is 0 Å². The molecule has 5 nitrogen and oxygen atoms in total. The number of para-hydroxylation sites is 1. The molecule has 5 heteroatoms. The fraction of sp³-hybridized carbons (Fsp3) is 0.533. The van der Waals surface area contributed by atoms with Gasteiger partial charge in [0.15, 0.2) is 23.9 Å². The number of ketones is 1. The van der Waals surface area contributed by atoms with Crippen LogP contribution in [-0.2, 0) is 9.47 Å². The van der Waals surface area contributed by atoms with Crippen molar-refractivity contribution in [3.05, 3.63) is 23.8 Å². The lowest BCUT2D eigenvalue weighted by Crippen LogP contribution is -2.31. The monoisotopic (exact) mass is 278 g/mol. The van der Waals surface area contributed by atoms with Gasteiger partial charge < -0.3 is 18.9 Å². The molecule has 0 N–H and O–H groups in total. The molecule has 0 aliphatic carbocycles. The lowest BCUT2D eigenvalue weighted by Gasteiger charge is -2.23. The van der Waals surface area contributed by atoms with Crippen molar-refractivity contribution in [3.8, 4) is 11.5 Å². The Bertz CT molecular complexity index is 493. The second-order valence-electron chi connectivity index (χ2n) is 4.94. The number of hydrogen-bond donors (Lipinski definition) is 0. The Morgan fingerprint density at radius 2 is 2.25 bits per heavy atom. The van der Waals surface area contributed by atoms with Gasteiger partial charge in [0.25, 0.3) is 0 Å². The average Bonchev–Trinajstić information content (AvgIpc) is 2.83. The molecule has 1 fully saturated rings. The highest BCUT2D eigenvalue weighted by atomic mass is 16.7. The Balaban J connectivity index is 1.64. The minimum Gasteiger partial charge on any atom is -0.493 e. The quantitative estimate of drug-likeness (QED) is 0.845. The first kappa shape index (κ1) is 13.4. The highest BCUT2D eigenvalue weighted by Crippen LogP contribution is 2.37. The number of rotatable bonds is 4. The molecule has 0 spiro atoms. The van der Waals surface area contributed by atoms with Crippen molar-refractivity contribution in [1.82, 2.24) is 0 Å². The zero-order chi connectivity index (χ0) is 13.9. The van der Waals surface area contributed by atoms with Crippen molar-refractivity contribution in [2.24, 2.45) is 0 Å². The number of ether oxygens (including phenoxy) is 4. The Morgan fingerprint density at radius 1 is 1.35 bits per heavy atom. The SMILES string of the molecule is COc1cccc2c1OC(COC1CCCCO1)C2=O. The Hall–Kier alpha value is -1.59. The number of Topliss-reactive ketones (excluding diaryl/α,β-unsaturated/α-hetero) is 1. The van der Waals surface area contributed by atoms with Crippen LogP contribution in [0.25, 0.3) is 0 Å². The van der Waals surface area contributed by atoms with E-state index in [4.69, 9.17) is 18.9 Å². The van der Waals surface area contributed by atoms with Crippen LogP contribution in [0.3, 0.4) is 0 Å². The summed E-state index contributed by atoms with van der Waals surface area (Å²) in [6.07, 6.45) is 2.22. The van der Waals surface area contributed by atoms with Crippen molar-refractivity contribution < 1.29 is 23.7 Å². The summed E-state index contributed by atoms with van der Waals surface area (Å²) >= 11 is 0. The van der Waals surface area contributed by atoms with Crippen LogP contribution >= 0.6 is 0 Å². The van der Waals surface area contributed by atoms with Gasteiger partial charge in [-0.15, -0.1) is 0 Å². The lowest BCUT2D eigenvalue weighted by molar-refractivity contribution is -0.169. The Labute approximate surface area is 117 Å². The molecule has 0 aromatic heterocycles. The highest BCUT2D eigenvalue weighted by molar-refractivity contribution is 6.05. The highest BCUT2D eigenvalue weighted by Gasteiger charge is 2.35. The maximum atomic E-state index is 12.2. The van der Waals surface area contributed by atoms with Gasteiger partial charge in [0.05, 0.1) is 19.3 Å². The Kier molecular flexibility index (Phi) is 3.89. The third kappa shape index (κ3) is 2.51. The van der Waals surface area contributed by atoms with E-state index < -0.39 is 6.10 Å². The first-order valence-electron chi connectivity index (χ1n) is 6.90.